The van der Waals surface area contributed by atoms with Crippen molar-refractivity contribution in [2.75, 3.05) is 91.7 Å². The van der Waals surface area contributed by atoms with Gasteiger partial charge >= 0.3 is 0 Å². The zero-order valence-electron chi connectivity index (χ0n) is 34.9. The van der Waals surface area contributed by atoms with Crippen molar-refractivity contribution in [3.8, 4) is 22.8 Å². The summed E-state index contributed by atoms with van der Waals surface area (Å²) in [5.41, 5.74) is 2.42. The third-order valence-corrected chi connectivity index (χ3v) is 11.4. The summed E-state index contributed by atoms with van der Waals surface area (Å²) in [6.45, 7) is 9.47. The van der Waals surface area contributed by atoms with Gasteiger partial charge in [0.05, 0.1) is 96.5 Å². The summed E-state index contributed by atoms with van der Waals surface area (Å²) in [4.78, 5) is 16.1. The zero-order chi connectivity index (χ0) is 41.4. The molecule has 1 saturated carbocycles. The maximum Gasteiger partial charge on any atom is 0.256 e. The number of hydrogen-bond acceptors (Lipinski definition) is 15. The summed E-state index contributed by atoms with van der Waals surface area (Å²) in [5.74, 6) is 1.52. The van der Waals surface area contributed by atoms with E-state index in [0.717, 1.165) is 55.7 Å². The number of ether oxygens (including phenoxy) is 8. The fourth-order valence-corrected chi connectivity index (χ4v) is 8.31. The number of anilines is 2. The van der Waals surface area contributed by atoms with E-state index in [1.165, 1.54) is 19.2 Å². The molecule has 17 nitrogen and oxygen atoms in total. The van der Waals surface area contributed by atoms with Gasteiger partial charge in [-0.1, -0.05) is 17.7 Å². The van der Waals surface area contributed by atoms with Gasteiger partial charge in [0.25, 0.3) is 5.88 Å². The Bertz CT molecular complexity index is 1810. The van der Waals surface area contributed by atoms with E-state index >= 15 is 0 Å². The number of methoxy groups -OCH3 is 1. The van der Waals surface area contributed by atoms with Gasteiger partial charge in [0.1, 0.15) is 30.2 Å². The van der Waals surface area contributed by atoms with Crippen molar-refractivity contribution in [2.24, 2.45) is 0 Å². The number of rotatable bonds is 26. The normalized spacial score (nSPS) is 21.0. The number of hydrogen-bond donors (Lipinski definition) is 1. The summed E-state index contributed by atoms with van der Waals surface area (Å²) < 4.78 is 49.3. The number of benzene rings is 1. The van der Waals surface area contributed by atoms with Crippen LogP contribution in [0.3, 0.4) is 0 Å². The molecule has 3 fully saturated rings. The Labute approximate surface area is 357 Å². The molecule has 1 aliphatic carbocycles. The minimum absolute atomic E-state index is 0.180. The molecule has 2 bridgehead atoms. The van der Waals surface area contributed by atoms with Crippen molar-refractivity contribution >= 4 is 23.2 Å². The van der Waals surface area contributed by atoms with Gasteiger partial charge in [-0.05, 0) is 63.1 Å². The lowest BCUT2D eigenvalue weighted by Crippen LogP contribution is -2.52. The number of nitrogens with zero attached hydrogens (tertiary/aromatic N) is 8. The van der Waals surface area contributed by atoms with Gasteiger partial charge in [-0.3, -0.25) is 9.58 Å². The Hall–Kier alpha value is -3.94. The van der Waals surface area contributed by atoms with Gasteiger partial charge < -0.3 is 43.2 Å². The molecule has 2 saturated heterocycles. The number of halogens is 1. The maximum atomic E-state index is 6.52. The highest BCUT2D eigenvalue weighted by Gasteiger charge is 2.42. The number of nitrogens with one attached hydrogen (secondary N) is 1. The quantitative estimate of drug-likeness (QED) is 0.0774. The second-order valence-corrected chi connectivity index (χ2v) is 15.8. The second kappa shape index (κ2) is 23.3. The molecule has 7 rings (SSSR count). The SMILES string of the molecule is COCCOCCOCCOCCOCCCOc1nn([C@H]2CC[C@H](N3[C@@H]4CC[C@H]3COC4)CC2)cc1Nc1ncc(-c2ccc(Cl)c(O[C@@H](C)Cn3cncn3)c2)cn1. The highest BCUT2D eigenvalue weighted by atomic mass is 35.5. The Morgan fingerprint density at radius 1 is 0.800 bits per heavy atom. The number of morpholine rings is 1. The minimum atomic E-state index is -0.180. The standard InChI is InChI=1S/C42H60ClN9O8/c1-31(25-50-30-44-29-47-50)60-40-22-32(4-11-38(40)43)33-23-45-42(46-24-33)48-39-26-51(34-5-7-35(8-6-34)52-36-9-10-37(52)28-58-27-36)49-41(39)59-13-3-12-54-16-17-56-20-21-57-19-18-55-15-14-53-2/h4,11,22-24,26,29-31,34-37H,3,5-10,12-21,25,27-28H2,1-2H3,(H,45,46,48)/t31-,34-,35-,36-,37+/m0/s1. The molecular formula is C42H60ClN9O8. The average Bonchev–Trinajstić information content (AvgIpc) is 3.99. The van der Waals surface area contributed by atoms with E-state index in [-0.39, 0.29) is 12.1 Å². The highest BCUT2D eigenvalue weighted by Crippen LogP contribution is 2.40. The van der Waals surface area contributed by atoms with Gasteiger partial charge in [-0.25, -0.2) is 19.6 Å². The van der Waals surface area contributed by atoms with Crippen LogP contribution in [-0.4, -0.2) is 150 Å². The molecule has 0 spiro atoms. The Kier molecular flexibility index (Phi) is 17.2. The third-order valence-electron chi connectivity index (χ3n) is 11.1. The van der Waals surface area contributed by atoms with Crippen LogP contribution < -0.4 is 14.8 Å². The summed E-state index contributed by atoms with van der Waals surface area (Å²) in [6, 6.07) is 7.69. The molecule has 328 valence electrons. The van der Waals surface area contributed by atoms with Crippen LogP contribution >= 0.6 is 11.6 Å². The molecule has 3 aliphatic rings. The molecule has 60 heavy (non-hydrogen) atoms. The van der Waals surface area contributed by atoms with Gasteiger partial charge in [-0.2, -0.15) is 5.10 Å². The highest BCUT2D eigenvalue weighted by molar-refractivity contribution is 6.32. The lowest BCUT2D eigenvalue weighted by atomic mass is 9.89. The van der Waals surface area contributed by atoms with Crippen molar-refractivity contribution < 1.29 is 37.9 Å². The predicted octanol–water partition coefficient (Wildman–Crippen LogP) is 5.62. The molecule has 0 radical (unpaired) electrons. The first kappa shape index (κ1) is 44.1. The average molecular weight is 854 g/mol. The second-order valence-electron chi connectivity index (χ2n) is 15.4. The minimum Gasteiger partial charge on any atom is -0.487 e. The van der Waals surface area contributed by atoms with Crippen LogP contribution in [0.25, 0.3) is 11.1 Å². The van der Waals surface area contributed by atoms with E-state index in [9.17, 15) is 0 Å². The Morgan fingerprint density at radius 3 is 2.12 bits per heavy atom. The van der Waals surface area contributed by atoms with Crippen LogP contribution in [0.2, 0.25) is 5.02 Å². The fraction of sp³-hybridized carbons (Fsp3) is 0.643. The third kappa shape index (κ3) is 12.8. The topological polar surface area (TPSA) is 163 Å². The Morgan fingerprint density at radius 2 is 1.45 bits per heavy atom. The molecular weight excluding hydrogens is 794 g/mol. The molecule has 1 N–H and O–H groups in total. The first-order valence-electron chi connectivity index (χ1n) is 21.3. The lowest BCUT2D eigenvalue weighted by Gasteiger charge is -2.43. The number of aromatic nitrogens is 7. The van der Waals surface area contributed by atoms with E-state index < -0.39 is 0 Å². The van der Waals surface area contributed by atoms with Gasteiger partial charge in [0, 0.05) is 56.2 Å². The van der Waals surface area contributed by atoms with Crippen LogP contribution in [0.4, 0.5) is 11.6 Å². The summed E-state index contributed by atoms with van der Waals surface area (Å²) in [6.07, 6.45) is 16.2. The summed E-state index contributed by atoms with van der Waals surface area (Å²) in [5, 5.41) is 13.0. The monoisotopic (exact) mass is 853 g/mol. The van der Waals surface area contributed by atoms with Crippen molar-refractivity contribution in [1.82, 2.24) is 39.4 Å². The molecule has 4 aromatic rings. The smallest absolute Gasteiger partial charge is 0.256 e. The molecule has 1 aromatic carbocycles. The molecule has 3 aromatic heterocycles. The molecule has 3 atom stereocenters. The van der Waals surface area contributed by atoms with Crippen LogP contribution in [0, 0.1) is 0 Å². The van der Waals surface area contributed by atoms with Gasteiger partial charge in [0.15, 0.2) is 0 Å². The fourth-order valence-electron chi connectivity index (χ4n) is 8.15. The van der Waals surface area contributed by atoms with Gasteiger partial charge in [0.2, 0.25) is 5.95 Å². The van der Waals surface area contributed by atoms with Crippen molar-refractivity contribution in [3.05, 3.63) is 54.5 Å². The molecule has 0 amide bonds. The number of fused-ring (bicyclic) bond motifs is 2. The van der Waals surface area contributed by atoms with E-state index in [1.54, 1.807) is 30.5 Å². The molecule has 18 heteroatoms. The molecule has 5 heterocycles. The first-order valence-corrected chi connectivity index (χ1v) is 21.7. The van der Waals surface area contributed by atoms with Crippen LogP contribution in [0.1, 0.15) is 57.9 Å². The lowest BCUT2D eigenvalue weighted by molar-refractivity contribution is -0.0458. The van der Waals surface area contributed by atoms with Crippen molar-refractivity contribution in [2.45, 2.75) is 88.7 Å². The predicted molar refractivity (Wildman–Crippen MR) is 224 cm³/mol. The van der Waals surface area contributed by atoms with E-state index in [2.05, 4.69) is 34.9 Å². The zero-order valence-corrected chi connectivity index (χ0v) is 35.6. The maximum absolute atomic E-state index is 6.52. The van der Waals surface area contributed by atoms with Crippen molar-refractivity contribution in [1.29, 1.82) is 0 Å². The van der Waals surface area contributed by atoms with Crippen LogP contribution in [0.5, 0.6) is 11.6 Å². The molecule has 2 aliphatic heterocycles. The first-order chi connectivity index (χ1) is 29.5. The largest absolute Gasteiger partial charge is 0.487 e. The van der Waals surface area contributed by atoms with E-state index in [4.69, 9.17) is 54.6 Å². The van der Waals surface area contributed by atoms with Crippen LogP contribution in [-0.2, 0) is 35.0 Å². The van der Waals surface area contributed by atoms with E-state index in [0.29, 0.717) is 120 Å². The van der Waals surface area contributed by atoms with Gasteiger partial charge in [-0.15, -0.1) is 5.10 Å². The van der Waals surface area contributed by atoms with Crippen LogP contribution in [0.15, 0.2) is 49.4 Å². The van der Waals surface area contributed by atoms with Crippen molar-refractivity contribution in [3.63, 3.8) is 0 Å². The molecule has 0 unspecified atom stereocenters. The van der Waals surface area contributed by atoms with E-state index in [1.807, 2.05) is 31.3 Å². The summed E-state index contributed by atoms with van der Waals surface area (Å²) >= 11 is 6.52. The summed E-state index contributed by atoms with van der Waals surface area (Å²) in [7, 11) is 1.65. The Balaban J connectivity index is 0.908.